The summed E-state index contributed by atoms with van der Waals surface area (Å²) in [7, 11) is 0. The van der Waals surface area contributed by atoms with Crippen molar-refractivity contribution in [2.24, 2.45) is 0 Å². The van der Waals surface area contributed by atoms with Gasteiger partial charge in [0.2, 0.25) is 5.91 Å². The molecule has 112 valence electrons. The zero-order valence-corrected chi connectivity index (χ0v) is 11.5. The number of hydrogen-bond donors (Lipinski definition) is 3. The summed E-state index contributed by atoms with van der Waals surface area (Å²) in [6.07, 6.45) is 6.00. The van der Waals surface area contributed by atoms with Crippen LogP contribution in [-0.4, -0.2) is 40.1 Å². The Morgan fingerprint density at radius 3 is 2.90 bits per heavy atom. The van der Waals surface area contributed by atoms with Gasteiger partial charge < -0.3 is 15.1 Å². The van der Waals surface area contributed by atoms with Crippen molar-refractivity contribution in [1.29, 1.82) is 0 Å². The van der Waals surface area contributed by atoms with Gasteiger partial charge in [-0.05, 0) is 12.5 Å². The lowest BCUT2D eigenvalue weighted by molar-refractivity contribution is -0.120. The minimum Gasteiger partial charge on any atom is -0.472 e. The van der Waals surface area contributed by atoms with Crippen molar-refractivity contribution in [3.8, 4) is 0 Å². The first-order chi connectivity index (χ1) is 10.3. The van der Waals surface area contributed by atoms with Crippen LogP contribution in [0.25, 0.3) is 0 Å². The van der Waals surface area contributed by atoms with Crippen LogP contribution < -0.4 is 10.6 Å². The Kier molecular flexibility index (Phi) is 5.50. The van der Waals surface area contributed by atoms with Gasteiger partial charge in [-0.1, -0.05) is 0 Å². The van der Waals surface area contributed by atoms with E-state index in [9.17, 15) is 9.59 Å². The Morgan fingerprint density at radius 2 is 2.19 bits per heavy atom. The molecule has 0 bridgehead atoms. The van der Waals surface area contributed by atoms with Gasteiger partial charge in [0.1, 0.15) is 18.4 Å². The molecular formula is C13H17N5O3. The summed E-state index contributed by atoms with van der Waals surface area (Å²) in [5.74, 6) is 0.457. The van der Waals surface area contributed by atoms with E-state index in [4.69, 9.17) is 4.42 Å². The van der Waals surface area contributed by atoms with Gasteiger partial charge in [0.15, 0.2) is 0 Å². The predicted molar refractivity (Wildman–Crippen MR) is 73.4 cm³/mol. The molecule has 0 aromatic carbocycles. The number of carbonyl (C=O) groups excluding carboxylic acids is 2. The molecule has 3 N–H and O–H groups in total. The van der Waals surface area contributed by atoms with Crippen molar-refractivity contribution in [1.82, 2.24) is 25.8 Å². The summed E-state index contributed by atoms with van der Waals surface area (Å²) >= 11 is 0. The summed E-state index contributed by atoms with van der Waals surface area (Å²) in [6, 6.07) is 1.57. The second-order valence-corrected chi connectivity index (χ2v) is 4.40. The third-order valence-corrected chi connectivity index (χ3v) is 2.80. The maximum atomic E-state index is 11.6. The summed E-state index contributed by atoms with van der Waals surface area (Å²) in [5.41, 5.74) is 0.447. The van der Waals surface area contributed by atoms with Gasteiger partial charge in [-0.3, -0.25) is 14.7 Å². The van der Waals surface area contributed by atoms with Crippen LogP contribution in [0.5, 0.6) is 0 Å². The van der Waals surface area contributed by atoms with Crippen LogP contribution in [0, 0.1) is 0 Å². The molecule has 8 nitrogen and oxygen atoms in total. The van der Waals surface area contributed by atoms with Gasteiger partial charge in [0.05, 0.1) is 11.8 Å². The highest BCUT2D eigenvalue weighted by Crippen LogP contribution is 1.98. The lowest BCUT2D eigenvalue weighted by Crippen LogP contribution is -2.31. The number of rotatable bonds is 8. The number of hydrogen-bond acceptors (Lipinski definition) is 5. The van der Waals surface area contributed by atoms with Crippen LogP contribution in [0.3, 0.4) is 0 Å². The molecule has 2 rings (SSSR count). The molecule has 2 aromatic heterocycles. The Morgan fingerprint density at radius 1 is 1.29 bits per heavy atom. The first-order valence-corrected chi connectivity index (χ1v) is 6.67. The molecule has 0 fully saturated rings. The zero-order chi connectivity index (χ0) is 14.9. The quantitative estimate of drug-likeness (QED) is 0.604. The van der Waals surface area contributed by atoms with Crippen molar-refractivity contribution in [2.45, 2.75) is 19.3 Å². The number of aromatic amines is 1. The maximum absolute atomic E-state index is 11.6. The molecule has 0 saturated heterocycles. The smallest absolute Gasteiger partial charge is 0.254 e. The van der Waals surface area contributed by atoms with Gasteiger partial charge in [-0.25, -0.2) is 4.98 Å². The van der Waals surface area contributed by atoms with E-state index in [0.29, 0.717) is 12.1 Å². The van der Waals surface area contributed by atoms with E-state index in [0.717, 1.165) is 18.7 Å². The van der Waals surface area contributed by atoms with E-state index in [1.165, 1.54) is 18.9 Å². The zero-order valence-electron chi connectivity index (χ0n) is 11.5. The van der Waals surface area contributed by atoms with E-state index in [2.05, 4.69) is 25.8 Å². The van der Waals surface area contributed by atoms with Gasteiger partial charge in [0, 0.05) is 25.9 Å². The summed E-state index contributed by atoms with van der Waals surface area (Å²) in [4.78, 5) is 27.1. The summed E-state index contributed by atoms with van der Waals surface area (Å²) < 4.78 is 4.81. The third-order valence-electron chi connectivity index (χ3n) is 2.80. The minimum atomic E-state index is -0.248. The van der Waals surface area contributed by atoms with Crippen LogP contribution in [-0.2, 0) is 11.2 Å². The topological polar surface area (TPSA) is 113 Å². The van der Waals surface area contributed by atoms with Crippen molar-refractivity contribution in [3.63, 3.8) is 0 Å². The highest BCUT2D eigenvalue weighted by atomic mass is 16.3. The van der Waals surface area contributed by atoms with Gasteiger partial charge >= 0.3 is 0 Å². The first kappa shape index (κ1) is 14.8. The molecular weight excluding hydrogens is 274 g/mol. The summed E-state index contributed by atoms with van der Waals surface area (Å²) in [5, 5.41) is 11.9. The Bertz CT molecular complexity index is 550. The molecule has 2 amide bonds. The molecule has 0 radical (unpaired) electrons. The van der Waals surface area contributed by atoms with E-state index in [1.807, 2.05) is 0 Å². The fraction of sp³-hybridized carbons (Fsp3) is 0.385. The number of furan rings is 1. The normalized spacial score (nSPS) is 10.3. The second-order valence-electron chi connectivity index (χ2n) is 4.40. The lowest BCUT2D eigenvalue weighted by Gasteiger charge is -2.05. The van der Waals surface area contributed by atoms with E-state index >= 15 is 0 Å². The van der Waals surface area contributed by atoms with Gasteiger partial charge in [0.25, 0.3) is 5.91 Å². The van der Waals surface area contributed by atoms with E-state index in [1.54, 1.807) is 6.07 Å². The number of carbonyl (C=O) groups is 2. The van der Waals surface area contributed by atoms with E-state index < -0.39 is 0 Å². The highest BCUT2D eigenvalue weighted by Gasteiger charge is 2.07. The lowest BCUT2D eigenvalue weighted by atomic mass is 10.3. The molecule has 21 heavy (non-hydrogen) atoms. The highest BCUT2D eigenvalue weighted by molar-refractivity contribution is 5.93. The fourth-order valence-electron chi connectivity index (χ4n) is 1.71. The summed E-state index contributed by atoms with van der Waals surface area (Å²) in [6.45, 7) is 0.854. The Balaban J connectivity index is 1.52. The largest absolute Gasteiger partial charge is 0.472 e. The molecule has 2 heterocycles. The van der Waals surface area contributed by atoms with Gasteiger partial charge in [-0.2, -0.15) is 5.10 Å². The molecule has 0 saturated carbocycles. The Labute approximate surface area is 121 Å². The van der Waals surface area contributed by atoms with Crippen molar-refractivity contribution in [3.05, 3.63) is 36.3 Å². The van der Waals surface area contributed by atoms with Crippen LogP contribution in [0.15, 0.2) is 29.3 Å². The molecule has 0 spiro atoms. The van der Waals surface area contributed by atoms with Crippen molar-refractivity contribution in [2.75, 3.05) is 13.1 Å². The molecule has 0 aliphatic carbocycles. The fourth-order valence-corrected chi connectivity index (χ4v) is 1.71. The number of nitrogens with zero attached hydrogens (tertiary/aromatic N) is 2. The predicted octanol–water partition coefficient (Wildman–Crippen LogP) is 0.267. The van der Waals surface area contributed by atoms with Crippen LogP contribution >= 0.6 is 0 Å². The number of aromatic nitrogens is 3. The molecule has 0 atom stereocenters. The number of nitrogens with one attached hydrogen (secondary N) is 3. The molecule has 0 aliphatic heterocycles. The first-order valence-electron chi connectivity index (χ1n) is 6.67. The van der Waals surface area contributed by atoms with Crippen LogP contribution in [0.1, 0.15) is 29.0 Å². The second kappa shape index (κ2) is 7.83. The molecule has 0 aliphatic rings. The minimum absolute atomic E-state index is 0.0972. The van der Waals surface area contributed by atoms with Crippen LogP contribution in [0.4, 0.5) is 0 Å². The number of H-pyrrole nitrogens is 1. The number of amides is 2. The number of aryl methyl sites for hydroxylation is 1. The SMILES string of the molecule is O=C(CCNC(=O)c1ccoc1)NCCCc1ncn[nH]1. The maximum Gasteiger partial charge on any atom is 0.254 e. The van der Waals surface area contributed by atoms with Crippen molar-refractivity contribution < 1.29 is 14.0 Å². The average Bonchev–Trinajstić information content (AvgIpc) is 3.16. The van der Waals surface area contributed by atoms with Gasteiger partial charge in [-0.15, -0.1) is 0 Å². The van der Waals surface area contributed by atoms with Crippen molar-refractivity contribution >= 4 is 11.8 Å². The average molecular weight is 291 g/mol. The monoisotopic (exact) mass is 291 g/mol. The standard InChI is InChI=1S/C13H17N5O3/c19-12(14-5-1-2-11-16-9-17-18-11)3-6-15-13(20)10-4-7-21-8-10/h4,7-9H,1-3,5-6H2,(H,14,19)(H,15,20)(H,16,17,18). The molecule has 2 aromatic rings. The molecule has 0 unspecified atom stereocenters. The third kappa shape index (κ3) is 5.09. The van der Waals surface area contributed by atoms with Crippen LogP contribution in [0.2, 0.25) is 0 Å². The molecule has 8 heteroatoms. The Hall–Kier alpha value is -2.64. The van der Waals surface area contributed by atoms with E-state index in [-0.39, 0.29) is 24.8 Å².